The molecule has 4 heteroatoms. The summed E-state index contributed by atoms with van der Waals surface area (Å²) >= 11 is 0. The quantitative estimate of drug-likeness (QED) is 0.574. The predicted molar refractivity (Wildman–Crippen MR) is 54.1 cm³/mol. The van der Waals surface area contributed by atoms with E-state index in [9.17, 15) is 9.59 Å². The van der Waals surface area contributed by atoms with Gasteiger partial charge >= 0.3 is 11.9 Å². The van der Waals surface area contributed by atoms with Crippen molar-refractivity contribution in [1.82, 2.24) is 0 Å². The van der Waals surface area contributed by atoms with Gasteiger partial charge in [0.1, 0.15) is 6.10 Å². The maximum atomic E-state index is 11.5. The van der Waals surface area contributed by atoms with Crippen LogP contribution in [0, 0.1) is 11.8 Å². The monoisotopic (exact) mass is 214 g/mol. The van der Waals surface area contributed by atoms with Gasteiger partial charge in [-0.2, -0.15) is 0 Å². The van der Waals surface area contributed by atoms with E-state index >= 15 is 0 Å². The molecule has 0 N–H and O–H groups in total. The molecular weight excluding hydrogens is 196 g/mol. The Kier molecular flexibility index (Phi) is 3.72. The van der Waals surface area contributed by atoms with Crippen LogP contribution in [0.25, 0.3) is 0 Å². The van der Waals surface area contributed by atoms with Crippen molar-refractivity contribution in [2.24, 2.45) is 11.8 Å². The Labute approximate surface area is 89.9 Å². The number of esters is 2. The largest absolute Gasteiger partial charge is 0.462 e. The first-order valence-electron chi connectivity index (χ1n) is 5.32. The standard InChI is InChI=1S/C11H18O4/c1-6-5-7(2)14-11(13)8(3)9(4)15-10(6)12/h6-9H,5H2,1-4H3/t6-,7+,8-,9-/m1/s1. The van der Waals surface area contributed by atoms with Crippen LogP contribution in [-0.4, -0.2) is 24.1 Å². The molecule has 1 aliphatic heterocycles. The molecule has 1 rings (SSSR count). The molecule has 1 saturated heterocycles. The van der Waals surface area contributed by atoms with Gasteiger partial charge in [0, 0.05) is 0 Å². The van der Waals surface area contributed by atoms with E-state index in [-0.39, 0.29) is 24.0 Å². The molecule has 86 valence electrons. The maximum Gasteiger partial charge on any atom is 0.312 e. The van der Waals surface area contributed by atoms with Crippen molar-refractivity contribution in [3.05, 3.63) is 0 Å². The highest BCUT2D eigenvalue weighted by Gasteiger charge is 2.31. The van der Waals surface area contributed by atoms with Crippen molar-refractivity contribution >= 4 is 11.9 Å². The van der Waals surface area contributed by atoms with E-state index in [1.54, 1.807) is 27.7 Å². The lowest BCUT2D eigenvalue weighted by Gasteiger charge is -2.18. The van der Waals surface area contributed by atoms with Crippen LogP contribution in [0.5, 0.6) is 0 Å². The van der Waals surface area contributed by atoms with E-state index in [2.05, 4.69) is 0 Å². The van der Waals surface area contributed by atoms with Gasteiger partial charge in [-0.1, -0.05) is 6.92 Å². The molecule has 4 atom stereocenters. The fraction of sp³-hybridized carbons (Fsp3) is 0.818. The van der Waals surface area contributed by atoms with Crippen molar-refractivity contribution < 1.29 is 19.1 Å². The van der Waals surface area contributed by atoms with E-state index in [0.717, 1.165) is 0 Å². The first-order chi connectivity index (χ1) is 6.91. The fourth-order valence-electron chi connectivity index (χ4n) is 1.54. The zero-order chi connectivity index (χ0) is 11.6. The van der Waals surface area contributed by atoms with Crippen LogP contribution >= 0.6 is 0 Å². The van der Waals surface area contributed by atoms with Crippen molar-refractivity contribution in [3.8, 4) is 0 Å². The van der Waals surface area contributed by atoms with Crippen LogP contribution in [0.2, 0.25) is 0 Å². The van der Waals surface area contributed by atoms with Crippen molar-refractivity contribution in [1.29, 1.82) is 0 Å². The third-order valence-corrected chi connectivity index (χ3v) is 2.78. The minimum absolute atomic E-state index is 0.222. The number of carbonyl (C=O) groups excluding carboxylic acids is 2. The predicted octanol–water partition coefficient (Wildman–Crippen LogP) is 1.53. The Morgan fingerprint density at radius 2 is 1.60 bits per heavy atom. The molecule has 0 aromatic heterocycles. The van der Waals surface area contributed by atoms with E-state index in [1.807, 2.05) is 0 Å². The highest BCUT2D eigenvalue weighted by molar-refractivity contribution is 5.76. The number of carbonyl (C=O) groups is 2. The molecular formula is C11H18O4. The van der Waals surface area contributed by atoms with Crippen molar-refractivity contribution in [3.63, 3.8) is 0 Å². The summed E-state index contributed by atoms with van der Waals surface area (Å²) in [4.78, 5) is 23.1. The summed E-state index contributed by atoms with van der Waals surface area (Å²) in [6, 6.07) is 0. The van der Waals surface area contributed by atoms with Crippen LogP contribution in [0.4, 0.5) is 0 Å². The van der Waals surface area contributed by atoms with Gasteiger partial charge in [-0.3, -0.25) is 9.59 Å². The van der Waals surface area contributed by atoms with Crippen LogP contribution in [-0.2, 0) is 19.1 Å². The zero-order valence-electron chi connectivity index (χ0n) is 9.65. The molecule has 1 fully saturated rings. The topological polar surface area (TPSA) is 52.6 Å². The van der Waals surface area contributed by atoms with Gasteiger partial charge in [0.05, 0.1) is 17.9 Å². The first-order valence-corrected chi connectivity index (χ1v) is 5.32. The molecule has 0 saturated carbocycles. The second-order valence-electron chi connectivity index (χ2n) is 4.31. The van der Waals surface area contributed by atoms with E-state index in [1.165, 1.54) is 0 Å². The molecule has 0 bridgehead atoms. The summed E-state index contributed by atoms with van der Waals surface area (Å²) in [5, 5.41) is 0. The van der Waals surface area contributed by atoms with E-state index in [0.29, 0.717) is 6.42 Å². The molecule has 15 heavy (non-hydrogen) atoms. The van der Waals surface area contributed by atoms with Gasteiger partial charge in [-0.05, 0) is 27.2 Å². The lowest BCUT2D eigenvalue weighted by Crippen LogP contribution is -2.29. The Balaban J connectivity index is 2.81. The molecule has 0 aliphatic carbocycles. The Morgan fingerprint density at radius 3 is 2.20 bits per heavy atom. The van der Waals surface area contributed by atoms with Crippen LogP contribution in [0.1, 0.15) is 34.1 Å². The van der Waals surface area contributed by atoms with Gasteiger partial charge < -0.3 is 9.47 Å². The van der Waals surface area contributed by atoms with Gasteiger partial charge in [0.25, 0.3) is 0 Å². The average molecular weight is 214 g/mol. The first kappa shape index (κ1) is 12.0. The van der Waals surface area contributed by atoms with Crippen LogP contribution in [0.3, 0.4) is 0 Å². The Morgan fingerprint density at radius 1 is 1.00 bits per heavy atom. The second kappa shape index (κ2) is 4.64. The minimum Gasteiger partial charge on any atom is -0.462 e. The highest BCUT2D eigenvalue weighted by atomic mass is 16.6. The van der Waals surface area contributed by atoms with Crippen molar-refractivity contribution in [2.45, 2.75) is 46.3 Å². The van der Waals surface area contributed by atoms with Gasteiger partial charge in [-0.25, -0.2) is 0 Å². The molecule has 4 nitrogen and oxygen atoms in total. The summed E-state index contributed by atoms with van der Waals surface area (Å²) < 4.78 is 10.4. The smallest absolute Gasteiger partial charge is 0.312 e. The molecule has 0 unspecified atom stereocenters. The maximum absolute atomic E-state index is 11.5. The normalized spacial score (nSPS) is 38.4. The third-order valence-electron chi connectivity index (χ3n) is 2.78. The SMILES string of the molecule is C[C@@H]1C[C@H](C)OC(=O)[C@H](C)[C@@H](C)OC1=O. The Hall–Kier alpha value is -1.06. The van der Waals surface area contributed by atoms with Gasteiger partial charge in [0.15, 0.2) is 0 Å². The summed E-state index contributed by atoms with van der Waals surface area (Å²) in [5.74, 6) is -1.17. The summed E-state index contributed by atoms with van der Waals surface area (Å²) in [6.07, 6.45) is -0.130. The molecule has 0 radical (unpaired) electrons. The number of hydrogen-bond donors (Lipinski definition) is 0. The third kappa shape index (κ3) is 2.94. The van der Waals surface area contributed by atoms with Crippen LogP contribution < -0.4 is 0 Å². The highest BCUT2D eigenvalue weighted by Crippen LogP contribution is 2.19. The molecule has 0 amide bonds. The fourth-order valence-corrected chi connectivity index (χ4v) is 1.54. The Bertz CT molecular complexity index is 261. The molecule has 0 aromatic rings. The summed E-state index contributed by atoms with van der Waals surface area (Å²) in [5.41, 5.74) is 0. The summed E-state index contributed by atoms with van der Waals surface area (Å²) in [7, 11) is 0. The van der Waals surface area contributed by atoms with E-state index < -0.39 is 12.0 Å². The minimum atomic E-state index is -0.419. The average Bonchev–Trinajstić information content (AvgIpc) is 2.16. The van der Waals surface area contributed by atoms with Crippen LogP contribution in [0.15, 0.2) is 0 Å². The lowest BCUT2D eigenvalue weighted by molar-refractivity contribution is -0.159. The number of ether oxygens (including phenoxy) is 2. The van der Waals surface area contributed by atoms with Gasteiger partial charge in [0.2, 0.25) is 0 Å². The van der Waals surface area contributed by atoms with Crippen molar-refractivity contribution in [2.75, 3.05) is 0 Å². The molecule has 1 heterocycles. The molecule has 0 aromatic carbocycles. The van der Waals surface area contributed by atoms with E-state index in [4.69, 9.17) is 9.47 Å². The molecule has 1 aliphatic rings. The lowest BCUT2D eigenvalue weighted by atomic mass is 10.1. The van der Waals surface area contributed by atoms with Gasteiger partial charge in [-0.15, -0.1) is 0 Å². The second-order valence-corrected chi connectivity index (χ2v) is 4.31. The summed E-state index contributed by atoms with van der Waals surface area (Å²) in [6.45, 7) is 7.01. The molecule has 0 spiro atoms. The number of rotatable bonds is 0. The number of cyclic esters (lactones) is 2. The number of hydrogen-bond acceptors (Lipinski definition) is 4. The zero-order valence-corrected chi connectivity index (χ0v) is 9.65.